The SMILES string of the molecule is Cc1cccc(N(c2ccc(-n3c4ccc(N(c5cccc(C)c5)c5ccc6ccccc6c5)cc4c4cc(N(c5cccc(C)c5)c5ccc6ccccc6c5)ccc43)cc2)c2ccc3ccccc3c2)c1. The van der Waals surface area contributed by atoms with Crippen molar-refractivity contribution in [3.8, 4) is 5.69 Å². The van der Waals surface area contributed by atoms with Crippen molar-refractivity contribution in [1.29, 1.82) is 0 Å². The van der Waals surface area contributed by atoms with Crippen LogP contribution in [-0.2, 0) is 0 Å². The summed E-state index contributed by atoms with van der Waals surface area (Å²) in [7, 11) is 0. The second kappa shape index (κ2) is 18.1. The molecular weight excluding hydrogens is 885 g/mol. The van der Waals surface area contributed by atoms with Gasteiger partial charge >= 0.3 is 0 Å². The number of aromatic nitrogens is 1. The van der Waals surface area contributed by atoms with Gasteiger partial charge < -0.3 is 19.3 Å². The number of anilines is 9. The summed E-state index contributed by atoms with van der Waals surface area (Å²) < 4.78 is 2.44. The third-order valence-corrected chi connectivity index (χ3v) is 14.4. The van der Waals surface area contributed by atoms with Crippen LogP contribution >= 0.6 is 0 Å². The lowest BCUT2D eigenvalue weighted by molar-refractivity contribution is 1.17. The van der Waals surface area contributed by atoms with Gasteiger partial charge in [-0.3, -0.25) is 0 Å². The molecule has 4 heteroatoms. The second-order valence-corrected chi connectivity index (χ2v) is 19.4. The minimum atomic E-state index is 1.09. The zero-order chi connectivity index (χ0) is 49.0. The van der Waals surface area contributed by atoms with Crippen LogP contribution in [0.3, 0.4) is 0 Å². The summed E-state index contributed by atoms with van der Waals surface area (Å²) >= 11 is 0. The number of aryl methyl sites for hydroxylation is 3. The molecule has 0 radical (unpaired) electrons. The van der Waals surface area contributed by atoms with Gasteiger partial charge in [0.15, 0.2) is 0 Å². The Hall–Kier alpha value is -9.38. The smallest absolute Gasteiger partial charge is 0.0542 e. The Kier molecular flexibility index (Phi) is 10.8. The summed E-state index contributed by atoms with van der Waals surface area (Å²) in [5, 5.41) is 9.61. The van der Waals surface area contributed by atoms with Gasteiger partial charge in [-0.1, -0.05) is 127 Å². The van der Waals surface area contributed by atoms with Gasteiger partial charge in [-0.2, -0.15) is 0 Å². The topological polar surface area (TPSA) is 14.7 Å². The standard InChI is InChI=1S/C69H52N4/c1-47-13-10-22-58(39-47)70(61-28-25-50-16-4-7-19-53(50)42-61)56-31-33-57(34-32-56)73-68-37-35-64(71(59-23-11-14-48(2)40-59)62-29-26-51-17-5-8-20-54(51)43-62)45-66(68)67-46-65(36-38-69(67)73)72(60-24-12-15-49(3)41-60)63-30-27-52-18-6-9-21-55(52)44-63/h4-46H,1-3H3. The molecule has 0 fully saturated rings. The highest BCUT2D eigenvalue weighted by Crippen LogP contribution is 2.45. The quantitative estimate of drug-likeness (QED) is 0.136. The molecule has 0 spiro atoms. The Morgan fingerprint density at radius 3 is 0.904 bits per heavy atom. The van der Waals surface area contributed by atoms with Gasteiger partial charge in [-0.25, -0.2) is 0 Å². The van der Waals surface area contributed by atoms with Gasteiger partial charge in [-0.05, 0) is 203 Å². The highest BCUT2D eigenvalue weighted by atomic mass is 15.2. The van der Waals surface area contributed by atoms with Crippen LogP contribution in [0.1, 0.15) is 16.7 Å². The van der Waals surface area contributed by atoms with Crippen LogP contribution in [-0.4, -0.2) is 4.57 Å². The van der Waals surface area contributed by atoms with Crippen LogP contribution in [0.15, 0.2) is 261 Å². The molecule has 12 aromatic carbocycles. The zero-order valence-electron chi connectivity index (χ0n) is 41.1. The van der Waals surface area contributed by atoms with Crippen molar-refractivity contribution in [3.63, 3.8) is 0 Å². The molecule has 0 atom stereocenters. The molecule has 0 saturated heterocycles. The summed E-state index contributed by atoms with van der Waals surface area (Å²) in [6, 6.07) is 95.7. The molecule has 13 aromatic rings. The normalized spacial score (nSPS) is 11.5. The predicted octanol–water partition coefficient (Wildman–Crippen LogP) is 19.6. The molecule has 0 bridgehead atoms. The van der Waals surface area contributed by atoms with Crippen LogP contribution < -0.4 is 14.7 Å². The lowest BCUT2D eigenvalue weighted by Crippen LogP contribution is -2.10. The fourth-order valence-corrected chi connectivity index (χ4v) is 10.9. The number of hydrogen-bond acceptors (Lipinski definition) is 3. The number of fused-ring (bicyclic) bond motifs is 6. The first-order valence-corrected chi connectivity index (χ1v) is 25.1. The molecule has 348 valence electrons. The summed E-state index contributed by atoms with van der Waals surface area (Å²) in [5.74, 6) is 0. The molecule has 73 heavy (non-hydrogen) atoms. The van der Waals surface area contributed by atoms with Crippen LogP contribution in [0.2, 0.25) is 0 Å². The minimum absolute atomic E-state index is 1.09. The van der Waals surface area contributed by atoms with E-state index in [-0.39, 0.29) is 0 Å². The van der Waals surface area contributed by atoms with Gasteiger partial charge in [0.25, 0.3) is 0 Å². The molecule has 0 saturated carbocycles. The molecule has 13 rings (SSSR count). The van der Waals surface area contributed by atoms with E-state index in [0.29, 0.717) is 0 Å². The van der Waals surface area contributed by atoms with Gasteiger partial charge in [0.05, 0.1) is 11.0 Å². The van der Waals surface area contributed by atoms with Gasteiger partial charge in [0.1, 0.15) is 0 Å². The summed E-state index contributed by atoms with van der Waals surface area (Å²) in [6.45, 7) is 6.50. The summed E-state index contributed by atoms with van der Waals surface area (Å²) in [6.07, 6.45) is 0. The summed E-state index contributed by atoms with van der Waals surface area (Å²) in [4.78, 5) is 7.18. The van der Waals surface area contributed by atoms with E-state index in [1.54, 1.807) is 0 Å². The monoisotopic (exact) mass is 936 g/mol. The maximum atomic E-state index is 2.44. The van der Waals surface area contributed by atoms with Crippen LogP contribution in [0, 0.1) is 20.8 Å². The third kappa shape index (κ3) is 8.09. The van der Waals surface area contributed by atoms with E-state index in [1.165, 1.54) is 49.0 Å². The fourth-order valence-electron chi connectivity index (χ4n) is 10.9. The average molecular weight is 937 g/mol. The lowest BCUT2D eigenvalue weighted by atomic mass is 10.1. The molecule has 0 unspecified atom stereocenters. The molecular formula is C69H52N4. The number of hydrogen-bond donors (Lipinski definition) is 0. The van der Waals surface area contributed by atoms with Gasteiger partial charge in [0.2, 0.25) is 0 Å². The minimum Gasteiger partial charge on any atom is -0.310 e. The molecule has 4 nitrogen and oxygen atoms in total. The van der Waals surface area contributed by atoms with Crippen molar-refractivity contribution >= 4 is 105 Å². The van der Waals surface area contributed by atoms with Gasteiger partial charge in [-0.15, -0.1) is 0 Å². The first kappa shape index (κ1) is 43.6. The Labute approximate surface area is 426 Å². The van der Waals surface area contributed by atoms with Crippen molar-refractivity contribution in [2.45, 2.75) is 20.8 Å². The number of nitrogens with zero attached hydrogens (tertiary/aromatic N) is 4. The highest BCUT2D eigenvalue weighted by molar-refractivity contribution is 6.12. The molecule has 1 aromatic heterocycles. The Bertz CT molecular complexity index is 4040. The van der Waals surface area contributed by atoms with Crippen molar-refractivity contribution in [1.82, 2.24) is 4.57 Å². The van der Waals surface area contributed by atoms with E-state index in [2.05, 4.69) is 301 Å². The second-order valence-electron chi connectivity index (χ2n) is 19.4. The molecule has 0 aliphatic heterocycles. The van der Waals surface area contributed by atoms with Crippen molar-refractivity contribution in [2.24, 2.45) is 0 Å². The number of benzene rings is 12. The van der Waals surface area contributed by atoms with E-state index < -0.39 is 0 Å². The van der Waals surface area contributed by atoms with Crippen LogP contribution in [0.25, 0.3) is 59.8 Å². The molecule has 0 amide bonds. The first-order chi connectivity index (χ1) is 35.9. The highest BCUT2D eigenvalue weighted by Gasteiger charge is 2.22. The van der Waals surface area contributed by atoms with E-state index in [1.807, 2.05) is 0 Å². The fraction of sp³-hybridized carbons (Fsp3) is 0.0435. The van der Waals surface area contributed by atoms with E-state index >= 15 is 0 Å². The average Bonchev–Trinajstić information content (AvgIpc) is 3.74. The molecule has 0 aliphatic carbocycles. The molecule has 1 heterocycles. The van der Waals surface area contributed by atoms with E-state index in [4.69, 9.17) is 0 Å². The Morgan fingerprint density at radius 2 is 0.534 bits per heavy atom. The maximum Gasteiger partial charge on any atom is 0.0542 e. The summed E-state index contributed by atoms with van der Waals surface area (Å²) in [5.41, 5.74) is 16.9. The largest absolute Gasteiger partial charge is 0.310 e. The van der Waals surface area contributed by atoms with Crippen LogP contribution in [0.5, 0.6) is 0 Å². The third-order valence-electron chi connectivity index (χ3n) is 14.4. The molecule has 0 N–H and O–H groups in total. The predicted molar refractivity (Wildman–Crippen MR) is 312 cm³/mol. The van der Waals surface area contributed by atoms with Gasteiger partial charge in [0, 0.05) is 67.6 Å². The Morgan fingerprint density at radius 1 is 0.233 bits per heavy atom. The van der Waals surface area contributed by atoms with E-state index in [9.17, 15) is 0 Å². The maximum absolute atomic E-state index is 2.44. The zero-order valence-corrected chi connectivity index (χ0v) is 41.1. The number of rotatable bonds is 10. The van der Waals surface area contributed by atoms with Crippen molar-refractivity contribution in [3.05, 3.63) is 278 Å². The van der Waals surface area contributed by atoms with Crippen molar-refractivity contribution in [2.75, 3.05) is 14.7 Å². The van der Waals surface area contributed by atoms with Crippen LogP contribution in [0.4, 0.5) is 51.2 Å². The van der Waals surface area contributed by atoms with Crippen molar-refractivity contribution < 1.29 is 0 Å². The van der Waals surface area contributed by atoms with E-state index in [0.717, 1.165) is 78.7 Å². The first-order valence-electron chi connectivity index (χ1n) is 25.1. The lowest BCUT2D eigenvalue weighted by Gasteiger charge is -2.27. The molecule has 0 aliphatic rings. The Balaban J connectivity index is 1.02.